The number of methoxy groups -OCH3 is 1. The summed E-state index contributed by atoms with van der Waals surface area (Å²) in [4.78, 5) is 12.4. The van der Waals surface area contributed by atoms with Crippen LogP contribution in [-0.4, -0.2) is 45.1 Å². The Kier molecular flexibility index (Phi) is 4.65. The lowest BCUT2D eigenvalue weighted by Crippen LogP contribution is -2.46. The van der Waals surface area contributed by atoms with E-state index >= 15 is 0 Å². The van der Waals surface area contributed by atoms with Crippen LogP contribution in [0.3, 0.4) is 0 Å². The molecule has 0 saturated carbocycles. The van der Waals surface area contributed by atoms with Crippen LogP contribution in [0.4, 0.5) is 0 Å². The van der Waals surface area contributed by atoms with Gasteiger partial charge in [0.25, 0.3) is 5.91 Å². The summed E-state index contributed by atoms with van der Waals surface area (Å²) in [5, 5.41) is 2.82. The molecule has 1 atom stereocenters. The fraction of sp³-hybridized carbons (Fsp3) is 0.533. The third-order valence-corrected chi connectivity index (χ3v) is 5.55. The van der Waals surface area contributed by atoms with E-state index in [0.29, 0.717) is 30.1 Å². The average molecular weight is 327 g/mol. The van der Waals surface area contributed by atoms with Crippen LogP contribution in [0, 0.1) is 0 Å². The van der Waals surface area contributed by atoms with E-state index in [1.54, 1.807) is 25.1 Å². The SMILES string of the molecule is CCOc1ccc(C(=O)NC2(C)CCS(=O)(=O)C2)cc1OC. The molecule has 0 spiro atoms. The first-order chi connectivity index (χ1) is 10.3. The van der Waals surface area contributed by atoms with Crippen LogP contribution in [-0.2, 0) is 9.84 Å². The van der Waals surface area contributed by atoms with Crippen molar-refractivity contribution in [2.24, 2.45) is 0 Å². The molecule has 0 bridgehead atoms. The van der Waals surface area contributed by atoms with Gasteiger partial charge in [-0.1, -0.05) is 0 Å². The van der Waals surface area contributed by atoms with Crippen molar-refractivity contribution in [3.05, 3.63) is 23.8 Å². The van der Waals surface area contributed by atoms with Gasteiger partial charge in [-0.2, -0.15) is 0 Å². The van der Waals surface area contributed by atoms with E-state index in [-0.39, 0.29) is 17.4 Å². The van der Waals surface area contributed by atoms with Gasteiger partial charge < -0.3 is 14.8 Å². The highest BCUT2D eigenvalue weighted by Crippen LogP contribution is 2.29. The number of rotatable bonds is 5. The number of ether oxygens (including phenoxy) is 2. The number of carbonyl (C=O) groups is 1. The second-order valence-electron chi connectivity index (χ2n) is 5.66. The van der Waals surface area contributed by atoms with Crippen LogP contribution in [0.2, 0.25) is 0 Å². The molecule has 1 aromatic rings. The summed E-state index contributed by atoms with van der Waals surface area (Å²) < 4.78 is 33.8. The number of nitrogens with one attached hydrogen (secondary N) is 1. The molecule has 22 heavy (non-hydrogen) atoms. The lowest BCUT2D eigenvalue weighted by Gasteiger charge is -2.24. The molecule has 6 nitrogen and oxygen atoms in total. The molecule has 1 aromatic carbocycles. The molecule has 0 aliphatic carbocycles. The van der Waals surface area contributed by atoms with Crippen molar-refractivity contribution in [1.82, 2.24) is 5.32 Å². The van der Waals surface area contributed by atoms with Gasteiger partial charge in [-0.15, -0.1) is 0 Å². The number of benzene rings is 1. The lowest BCUT2D eigenvalue weighted by molar-refractivity contribution is 0.0915. The van der Waals surface area contributed by atoms with Gasteiger partial charge in [0.2, 0.25) is 0 Å². The topological polar surface area (TPSA) is 81.7 Å². The summed E-state index contributed by atoms with van der Waals surface area (Å²) in [6.07, 6.45) is 0.426. The van der Waals surface area contributed by atoms with Gasteiger partial charge in [-0.3, -0.25) is 4.79 Å². The Bertz CT molecular complexity index is 671. The molecule has 1 unspecified atom stereocenters. The van der Waals surface area contributed by atoms with Gasteiger partial charge in [0.05, 0.1) is 30.8 Å². The van der Waals surface area contributed by atoms with Crippen LogP contribution in [0.5, 0.6) is 11.5 Å². The summed E-state index contributed by atoms with van der Waals surface area (Å²) >= 11 is 0. The van der Waals surface area contributed by atoms with Crippen LogP contribution in [0.25, 0.3) is 0 Å². The molecule has 1 N–H and O–H groups in total. The van der Waals surface area contributed by atoms with E-state index in [2.05, 4.69) is 5.32 Å². The Labute approximate surface area is 130 Å². The number of carbonyl (C=O) groups excluding carboxylic acids is 1. The first-order valence-electron chi connectivity index (χ1n) is 7.12. The molecule has 7 heteroatoms. The Hall–Kier alpha value is -1.76. The second kappa shape index (κ2) is 6.16. The fourth-order valence-corrected chi connectivity index (χ4v) is 4.63. The quantitative estimate of drug-likeness (QED) is 0.884. The summed E-state index contributed by atoms with van der Waals surface area (Å²) in [7, 11) is -1.56. The maximum Gasteiger partial charge on any atom is 0.251 e. The van der Waals surface area contributed by atoms with Crippen molar-refractivity contribution >= 4 is 15.7 Å². The first-order valence-corrected chi connectivity index (χ1v) is 8.94. The Morgan fingerprint density at radius 3 is 2.64 bits per heavy atom. The van der Waals surface area contributed by atoms with Crippen LogP contribution in [0.1, 0.15) is 30.6 Å². The minimum Gasteiger partial charge on any atom is -0.493 e. The van der Waals surface area contributed by atoms with Crippen molar-refractivity contribution < 1.29 is 22.7 Å². The largest absolute Gasteiger partial charge is 0.493 e. The number of amides is 1. The standard InChI is InChI=1S/C15H21NO5S/c1-4-21-12-6-5-11(9-13(12)20-3)14(17)16-15(2)7-8-22(18,19)10-15/h5-6,9H,4,7-8,10H2,1-3H3,(H,16,17). The Morgan fingerprint density at radius 2 is 2.09 bits per heavy atom. The molecule has 1 saturated heterocycles. The molecule has 1 amide bonds. The summed E-state index contributed by atoms with van der Waals surface area (Å²) in [6.45, 7) is 4.11. The van der Waals surface area contributed by atoms with E-state index in [0.717, 1.165) is 0 Å². The smallest absolute Gasteiger partial charge is 0.251 e. The highest BCUT2D eigenvalue weighted by molar-refractivity contribution is 7.91. The monoisotopic (exact) mass is 327 g/mol. The molecule has 0 radical (unpaired) electrons. The molecule has 1 aliphatic rings. The molecule has 0 aromatic heterocycles. The minimum atomic E-state index is -3.07. The van der Waals surface area contributed by atoms with Crippen LogP contribution in [0.15, 0.2) is 18.2 Å². The summed E-state index contributed by atoms with van der Waals surface area (Å²) in [5.41, 5.74) is -0.312. The third-order valence-electron chi connectivity index (χ3n) is 3.64. The van der Waals surface area contributed by atoms with Gasteiger partial charge in [-0.25, -0.2) is 8.42 Å². The summed E-state index contributed by atoms with van der Waals surface area (Å²) in [6, 6.07) is 4.90. The molecule has 1 aliphatic heterocycles. The number of hydrogen-bond donors (Lipinski definition) is 1. The molecular weight excluding hydrogens is 306 g/mol. The van der Waals surface area contributed by atoms with E-state index < -0.39 is 15.4 Å². The zero-order chi connectivity index (χ0) is 16.4. The third kappa shape index (κ3) is 3.71. The van der Waals surface area contributed by atoms with Crippen LogP contribution >= 0.6 is 0 Å². The van der Waals surface area contributed by atoms with Crippen molar-refractivity contribution in [1.29, 1.82) is 0 Å². The van der Waals surface area contributed by atoms with E-state index in [1.807, 2.05) is 6.92 Å². The van der Waals surface area contributed by atoms with Gasteiger partial charge in [0.1, 0.15) is 0 Å². The zero-order valence-corrected chi connectivity index (χ0v) is 13.8. The predicted octanol–water partition coefficient (Wildman–Crippen LogP) is 1.40. The van der Waals surface area contributed by atoms with Crippen molar-refractivity contribution in [3.8, 4) is 11.5 Å². The van der Waals surface area contributed by atoms with Gasteiger partial charge in [0.15, 0.2) is 21.3 Å². The molecule has 2 rings (SSSR count). The molecule has 1 heterocycles. The van der Waals surface area contributed by atoms with Crippen LogP contribution < -0.4 is 14.8 Å². The average Bonchev–Trinajstić information content (AvgIpc) is 2.73. The maximum absolute atomic E-state index is 12.4. The van der Waals surface area contributed by atoms with Crippen molar-refractivity contribution in [2.45, 2.75) is 25.8 Å². The minimum absolute atomic E-state index is 0.0279. The Balaban J connectivity index is 2.16. The van der Waals surface area contributed by atoms with Gasteiger partial charge >= 0.3 is 0 Å². The molecule has 122 valence electrons. The second-order valence-corrected chi connectivity index (χ2v) is 7.84. The Morgan fingerprint density at radius 1 is 1.36 bits per heavy atom. The lowest BCUT2D eigenvalue weighted by atomic mass is 10.0. The van der Waals surface area contributed by atoms with Gasteiger partial charge in [-0.05, 0) is 38.5 Å². The predicted molar refractivity (Wildman–Crippen MR) is 83.3 cm³/mol. The van der Waals surface area contributed by atoms with Crippen molar-refractivity contribution in [3.63, 3.8) is 0 Å². The van der Waals surface area contributed by atoms with E-state index in [4.69, 9.17) is 9.47 Å². The van der Waals surface area contributed by atoms with E-state index in [9.17, 15) is 13.2 Å². The first kappa shape index (κ1) is 16.6. The number of hydrogen-bond acceptors (Lipinski definition) is 5. The molecular formula is C15H21NO5S. The highest BCUT2D eigenvalue weighted by Gasteiger charge is 2.39. The van der Waals surface area contributed by atoms with Crippen molar-refractivity contribution in [2.75, 3.05) is 25.2 Å². The molecule has 1 fully saturated rings. The maximum atomic E-state index is 12.4. The fourth-order valence-electron chi connectivity index (χ4n) is 2.54. The van der Waals surface area contributed by atoms with Gasteiger partial charge in [0, 0.05) is 5.56 Å². The number of sulfone groups is 1. The normalized spacial score (nSPS) is 23.0. The summed E-state index contributed by atoms with van der Waals surface area (Å²) in [5.74, 6) is 0.798. The van der Waals surface area contributed by atoms with E-state index in [1.165, 1.54) is 7.11 Å². The zero-order valence-electron chi connectivity index (χ0n) is 13.0. The highest BCUT2D eigenvalue weighted by atomic mass is 32.2.